The predicted octanol–water partition coefficient (Wildman–Crippen LogP) is 1.82. The van der Waals surface area contributed by atoms with Crippen LogP contribution in [0, 0.1) is 0 Å². The molecule has 1 aromatic heterocycles. The number of aromatic nitrogens is 2. The van der Waals surface area contributed by atoms with E-state index in [1.807, 2.05) is 6.20 Å². The zero-order chi connectivity index (χ0) is 8.60. The van der Waals surface area contributed by atoms with Crippen molar-refractivity contribution >= 4 is 5.95 Å². The largest absolute Gasteiger partial charge is 0.369 e. The number of rotatable bonds is 2. The van der Waals surface area contributed by atoms with Gasteiger partial charge in [-0.25, -0.2) is 4.98 Å². The van der Waals surface area contributed by atoms with Crippen molar-refractivity contribution < 1.29 is 0 Å². The standard InChI is InChI=1S/C9H15N3/c1-2-9(4-3-5-9)7-6-11-8(10)12-7/h6H,2-5H2,1H3,(H3,10,11,12). The molecule has 0 bridgehead atoms. The summed E-state index contributed by atoms with van der Waals surface area (Å²) in [7, 11) is 0. The van der Waals surface area contributed by atoms with Crippen molar-refractivity contribution in [3.8, 4) is 0 Å². The molecule has 12 heavy (non-hydrogen) atoms. The van der Waals surface area contributed by atoms with Crippen LogP contribution in [0.15, 0.2) is 6.20 Å². The van der Waals surface area contributed by atoms with E-state index >= 15 is 0 Å². The van der Waals surface area contributed by atoms with Crippen LogP contribution >= 0.6 is 0 Å². The molecule has 2 rings (SSSR count). The molecule has 1 aliphatic rings. The quantitative estimate of drug-likeness (QED) is 0.702. The first-order valence-electron chi connectivity index (χ1n) is 4.58. The van der Waals surface area contributed by atoms with Crippen LogP contribution in [-0.4, -0.2) is 9.97 Å². The van der Waals surface area contributed by atoms with Crippen molar-refractivity contribution in [2.45, 2.75) is 38.0 Å². The summed E-state index contributed by atoms with van der Waals surface area (Å²) in [6, 6.07) is 0. The Kier molecular flexibility index (Phi) is 1.60. The maximum atomic E-state index is 5.54. The number of hydrogen-bond donors (Lipinski definition) is 2. The normalized spacial score (nSPS) is 20.4. The predicted molar refractivity (Wildman–Crippen MR) is 48.8 cm³/mol. The van der Waals surface area contributed by atoms with Gasteiger partial charge in [-0.1, -0.05) is 13.3 Å². The summed E-state index contributed by atoms with van der Waals surface area (Å²) in [6.45, 7) is 2.23. The zero-order valence-corrected chi connectivity index (χ0v) is 7.43. The van der Waals surface area contributed by atoms with Crippen LogP contribution < -0.4 is 5.73 Å². The fourth-order valence-corrected chi connectivity index (χ4v) is 2.02. The summed E-state index contributed by atoms with van der Waals surface area (Å²) in [5, 5.41) is 0. The van der Waals surface area contributed by atoms with Crippen LogP contribution in [0.25, 0.3) is 0 Å². The van der Waals surface area contributed by atoms with Crippen molar-refractivity contribution in [1.82, 2.24) is 9.97 Å². The first-order valence-corrected chi connectivity index (χ1v) is 4.58. The lowest BCUT2D eigenvalue weighted by atomic mass is 9.65. The van der Waals surface area contributed by atoms with Gasteiger partial charge in [0.25, 0.3) is 0 Å². The molecule has 3 nitrogen and oxygen atoms in total. The minimum atomic E-state index is 0.380. The van der Waals surface area contributed by atoms with E-state index in [4.69, 9.17) is 5.73 Å². The Balaban J connectivity index is 2.27. The van der Waals surface area contributed by atoms with Gasteiger partial charge in [0.05, 0.1) is 6.20 Å². The van der Waals surface area contributed by atoms with Crippen LogP contribution in [0.2, 0.25) is 0 Å². The number of anilines is 1. The molecule has 1 heterocycles. The molecular weight excluding hydrogens is 150 g/mol. The lowest BCUT2D eigenvalue weighted by molar-refractivity contribution is 0.229. The number of aromatic amines is 1. The van der Waals surface area contributed by atoms with Crippen LogP contribution in [0.4, 0.5) is 5.95 Å². The van der Waals surface area contributed by atoms with Gasteiger partial charge < -0.3 is 10.7 Å². The highest BCUT2D eigenvalue weighted by atomic mass is 15.0. The molecule has 1 fully saturated rings. The summed E-state index contributed by atoms with van der Waals surface area (Å²) in [5.41, 5.74) is 7.15. The lowest BCUT2D eigenvalue weighted by Crippen LogP contribution is -2.33. The average Bonchev–Trinajstić information content (AvgIpc) is 2.35. The second kappa shape index (κ2) is 2.51. The molecule has 0 unspecified atom stereocenters. The summed E-state index contributed by atoms with van der Waals surface area (Å²) >= 11 is 0. The SMILES string of the molecule is CCC1(c2cnc(N)[nH]2)CCC1. The Morgan fingerprint density at radius 3 is 2.75 bits per heavy atom. The smallest absolute Gasteiger partial charge is 0.197 e. The fourth-order valence-electron chi connectivity index (χ4n) is 2.02. The average molecular weight is 165 g/mol. The van der Waals surface area contributed by atoms with E-state index in [0.29, 0.717) is 11.4 Å². The molecule has 3 heteroatoms. The lowest BCUT2D eigenvalue weighted by Gasteiger charge is -2.40. The van der Waals surface area contributed by atoms with E-state index in [-0.39, 0.29) is 0 Å². The van der Waals surface area contributed by atoms with Crippen LogP contribution in [-0.2, 0) is 5.41 Å². The van der Waals surface area contributed by atoms with Crippen LogP contribution in [0.1, 0.15) is 38.3 Å². The van der Waals surface area contributed by atoms with Gasteiger partial charge in [-0.2, -0.15) is 0 Å². The monoisotopic (exact) mass is 165 g/mol. The van der Waals surface area contributed by atoms with Gasteiger partial charge in [0, 0.05) is 11.1 Å². The third kappa shape index (κ3) is 0.924. The van der Waals surface area contributed by atoms with Crippen LogP contribution in [0.5, 0.6) is 0 Å². The third-order valence-corrected chi connectivity index (χ3v) is 3.15. The molecule has 1 saturated carbocycles. The van der Waals surface area contributed by atoms with E-state index in [1.165, 1.54) is 31.4 Å². The first kappa shape index (κ1) is 7.65. The molecule has 0 amide bonds. The van der Waals surface area contributed by atoms with E-state index in [2.05, 4.69) is 16.9 Å². The summed E-state index contributed by atoms with van der Waals surface area (Å²) in [4.78, 5) is 7.17. The molecule has 1 aromatic rings. The highest BCUT2D eigenvalue weighted by molar-refractivity contribution is 5.26. The Hall–Kier alpha value is -0.990. The number of nitrogens with two attached hydrogens (primary N) is 1. The Labute approximate surface area is 72.4 Å². The van der Waals surface area contributed by atoms with Crippen molar-refractivity contribution in [3.63, 3.8) is 0 Å². The van der Waals surface area contributed by atoms with Crippen molar-refractivity contribution in [2.75, 3.05) is 5.73 Å². The van der Waals surface area contributed by atoms with Gasteiger partial charge in [0.1, 0.15) is 0 Å². The number of nitrogens with one attached hydrogen (secondary N) is 1. The van der Waals surface area contributed by atoms with E-state index in [0.717, 1.165) is 0 Å². The number of nitrogen functional groups attached to an aromatic ring is 1. The molecule has 1 aliphatic carbocycles. The number of hydrogen-bond acceptors (Lipinski definition) is 2. The summed E-state index contributed by atoms with van der Waals surface area (Å²) in [6.07, 6.45) is 6.98. The second-order valence-electron chi connectivity index (χ2n) is 3.67. The Morgan fingerprint density at radius 1 is 1.67 bits per heavy atom. The molecule has 0 spiro atoms. The first-order chi connectivity index (χ1) is 5.77. The highest BCUT2D eigenvalue weighted by Crippen LogP contribution is 2.45. The number of H-pyrrole nitrogens is 1. The molecule has 0 radical (unpaired) electrons. The van der Waals surface area contributed by atoms with Crippen LogP contribution in [0.3, 0.4) is 0 Å². The maximum absolute atomic E-state index is 5.54. The molecular formula is C9H15N3. The van der Waals surface area contributed by atoms with E-state index in [9.17, 15) is 0 Å². The Morgan fingerprint density at radius 2 is 2.42 bits per heavy atom. The molecule has 66 valence electrons. The van der Waals surface area contributed by atoms with Gasteiger partial charge in [0.15, 0.2) is 5.95 Å². The third-order valence-electron chi connectivity index (χ3n) is 3.15. The van der Waals surface area contributed by atoms with E-state index < -0.39 is 0 Å². The van der Waals surface area contributed by atoms with Crippen molar-refractivity contribution in [3.05, 3.63) is 11.9 Å². The molecule has 0 aromatic carbocycles. The number of imidazole rings is 1. The molecule has 3 N–H and O–H groups in total. The summed E-state index contributed by atoms with van der Waals surface area (Å²) < 4.78 is 0. The highest BCUT2D eigenvalue weighted by Gasteiger charge is 2.38. The molecule has 0 saturated heterocycles. The maximum Gasteiger partial charge on any atom is 0.197 e. The Bertz CT molecular complexity index is 268. The van der Waals surface area contributed by atoms with Gasteiger partial charge in [0.2, 0.25) is 0 Å². The fraction of sp³-hybridized carbons (Fsp3) is 0.667. The molecule has 0 aliphatic heterocycles. The van der Waals surface area contributed by atoms with Crippen molar-refractivity contribution in [1.29, 1.82) is 0 Å². The summed E-state index contributed by atoms with van der Waals surface area (Å²) in [5.74, 6) is 0.546. The van der Waals surface area contributed by atoms with Gasteiger partial charge in [-0.3, -0.25) is 0 Å². The minimum Gasteiger partial charge on any atom is -0.369 e. The van der Waals surface area contributed by atoms with Gasteiger partial charge in [-0.05, 0) is 19.3 Å². The van der Waals surface area contributed by atoms with Gasteiger partial charge >= 0.3 is 0 Å². The second-order valence-corrected chi connectivity index (χ2v) is 3.67. The topological polar surface area (TPSA) is 54.7 Å². The van der Waals surface area contributed by atoms with Gasteiger partial charge in [-0.15, -0.1) is 0 Å². The van der Waals surface area contributed by atoms with E-state index in [1.54, 1.807) is 0 Å². The number of nitrogens with zero attached hydrogens (tertiary/aromatic N) is 1. The minimum absolute atomic E-state index is 0.380. The zero-order valence-electron chi connectivity index (χ0n) is 7.43. The van der Waals surface area contributed by atoms with Crippen molar-refractivity contribution in [2.24, 2.45) is 0 Å². The molecule has 0 atom stereocenters.